The van der Waals surface area contributed by atoms with Gasteiger partial charge in [0.1, 0.15) is 12.8 Å². The Labute approximate surface area is 197 Å². The number of aromatic hydroxyl groups is 1. The van der Waals surface area contributed by atoms with Gasteiger partial charge in [-0.15, -0.1) is 11.8 Å². The zero-order valence-electron chi connectivity index (χ0n) is 16.2. The summed E-state index contributed by atoms with van der Waals surface area (Å²) in [6.07, 6.45) is 0. The van der Waals surface area contributed by atoms with Crippen molar-refractivity contribution in [3.8, 4) is 11.5 Å². The van der Waals surface area contributed by atoms with E-state index in [9.17, 15) is 9.90 Å². The number of phenolic OH excluding ortho intramolecular Hbond substituents is 1. The normalized spacial score (nSPS) is 13.6. The van der Waals surface area contributed by atoms with E-state index in [-0.39, 0.29) is 11.5 Å². The fraction of sp³-hybridized carbons (Fsp3) is 0.0952. The second-order valence-corrected chi connectivity index (χ2v) is 13.7. The maximum atomic E-state index is 13.4. The van der Waals surface area contributed by atoms with E-state index in [1.54, 1.807) is 36.4 Å². The van der Waals surface area contributed by atoms with Gasteiger partial charge >= 0.3 is 0 Å². The highest BCUT2D eigenvalue weighted by atomic mass is 127. The van der Waals surface area contributed by atoms with Crippen LogP contribution in [0, 0.1) is 6.92 Å². The smallest absolute Gasteiger partial charge is 0.180 e. The monoisotopic (exact) mass is 576 g/mol. The number of carbonyl (C=O) groups is 1. The van der Waals surface area contributed by atoms with E-state index >= 15 is 0 Å². The molecule has 3 nitrogen and oxygen atoms in total. The lowest BCUT2D eigenvalue weighted by Crippen LogP contribution is -2.10. The number of hydrogen-bond donors (Lipinski definition) is 1. The first kappa shape index (κ1) is 21.2. The van der Waals surface area contributed by atoms with E-state index in [2.05, 4.69) is 21.2 Å². The number of Topliss-reactive ketones (excluding diaryl/α,β-unsaturated/α-hetero) is 1. The van der Waals surface area contributed by atoms with Crippen molar-refractivity contribution in [2.24, 2.45) is 0 Å². The molecule has 3 aromatic rings. The molecule has 150 valence electrons. The third-order valence-corrected chi connectivity index (χ3v) is 7.21. The van der Waals surface area contributed by atoms with Crippen LogP contribution in [0.4, 0.5) is 0 Å². The minimum absolute atomic E-state index is 0.0525. The molecule has 2 atom stereocenters. The summed E-state index contributed by atoms with van der Waals surface area (Å²) in [4.78, 5) is 13.9. The molecule has 8 heteroatoms. The standard InChI is InChI=1S/C21H17ClIO3PS2/c1-13-7-12-17(24)21(18(13)22)28-20(15-5-3-2-4-6-15)19(25)14-8-10-16(11-9-14)26-29(23)27/h2-12,20,24,27H,1H3/i27T. The summed E-state index contributed by atoms with van der Waals surface area (Å²) in [5.74, 6) is 0.575. The highest BCUT2D eigenvalue weighted by Crippen LogP contribution is 2.45. The second kappa shape index (κ2) is 10.3. The van der Waals surface area contributed by atoms with Crippen LogP contribution in [-0.4, -0.2) is 12.2 Å². The first-order chi connectivity index (χ1) is 14.4. The number of hydrogen-bond acceptors (Lipinski definition) is 4. The third-order valence-electron chi connectivity index (χ3n) is 4.15. The summed E-state index contributed by atoms with van der Waals surface area (Å²) in [6, 6.07) is 19.7. The number of benzene rings is 3. The molecule has 0 fully saturated rings. The molecule has 0 bridgehead atoms. The van der Waals surface area contributed by atoms with Crippen molar-refractivity contribution in [2.45, 2.75) is 17.1 Å². The molecule has 1 N–H and O–H groups in total. The first-order valence-electron chi connectivity index (χ1n) is 8.93. The summed E-state index contributed by atoms with van der Waals surface area (Å²) in [6.45, 7) is 1.86. The Kier molecular flexibility index (Phi) is 7.54. The number of halogens is 2. The van der Waals surface area contributed by atoms with Gasteiger partial charge in [0.25, 0.3) is 0 Å². The van der Waals surface area contributed by atoms with Crippen molar-refractivity contribution >= 4 is 65.8 Å². The quantitative estimate of drug-likeness (QED) is 0.138. The number of aryl methyl sites for hydroxylation is 1. The van der Waals surface area contributed by atoms with Gasteiger partial charge in [0.15, 0.2) is 5.78 Å². The topological polar surface area (TPSA) is 46.5 Å². The highest BCUT2D eigenvalue weighted by molar-refractivity contribution is 14.2. The van der Waals surface area contributed by atoms with Crippen molar-refractivity contribution in [2.75, 3.05) is 0 Å². The fourth-order valence-corrected chi connectivity index (χ4v) is 5.35. The average Bonchev–Trinajstić information content (AvgIpc) is 2.77. The van der Waals surface area contributed by atoms with Gasteiger partial charge in [-0.05, 0) is 56.3 Å². The summed E-state index contributed by atoms with van der Waals surface area (Å²) in [7, 11) is -0.133. The van der Waals surface area contributed by atoms with Gasteiger partial charge in [-0.25, -0.2) is 0 Å². The third kappa shape index (κ3) is 5.76. The number of ketones is 1. The van der Waals surface area contributed by atoms with Crippen LogP contribution < -0.4 is 4.18 Å². The Balaban J connectivity index is 1.96. The Morgan fingerprint density at radius 1 is 1.21 bits per heavy atom. The predicted octanol–water partition coefficient (Wildman–Crippen LogP) is 7.39. The Bertz CT molecular complexity index is 1080. The number of thioether (sulfide) groups is 1. The summed E-state index contributed by atoms with van der Waals surface area (Å²) in [5, 5.41) is 10.2. The van der Waals surface area contributed by atoms with E-state index in [0.29, 0.717) is 29.2 Å². The van der Waals surface area contributed by atoms with Crippen LogP contribution in [0.15, 0.2) is 71.6 Å². The Morgan fingerprint density at radius 2 is 1.90 bits per heavy atom. The molecule has 0 spiro atoms. The molecule has 0 heterocycles. The van der Waals surface area contributed by atoms with E-state index < -0.39 is 12.8 Å². The van der Waals surface area contributed by atoms with Crippen molar-refractivity contribution < 1.29 is 14.1 Å². The van der Waals surface area contributed by atoms with Gasteiger partial charge in [0.2, 0.25) is 0 Å². The summed E-state index contributed by atoms with van der Waals surface area (Å²) >= 11 is 9.75. The Hall–Kier alpha value is -1.05. The molecule has 0 aromatic heterocycles. The van der Waals surface area contributed by atoms with Crippen molar-refractivity contribution in [1.82, 2.24) is 0 Å². The van der Waals surface area contributed by atoms with Gasteiger partial charge in [-0.3, -0.25) is 4.79 Å². The second-order valence-electron chi connectivity index (χ2n) is 6.13. The van der Waals surface area contributed by atoms with E-state index in [1.807, 2.05) is 37.3 Å². The zero-order chi connectivity index (χ0) is 21.7. The van der Waals surface area contributed by atoms with E-state index in [1.165, 1.54) is 11.8 Å². The van der Waals surface area contributed by atoms with Crippen molar-refractivity contribution in [3.63, 3.8) is 0 Å². The SMILES string of the molecule is [3H]P=S(I)Oc1ccc(C(=O)C(Sc2c(O)ccc(C)c2Cl)c2ccccc2)cc1. The van der Waals surface area contributed by atoms with Crippen molar-refractivity contribution in [3.05, 3.63) is 88.4 Å². The van der Waals surface area contributed by atoms with Crippen LogP contribution in [0.2, 0.25) is 5.02 Å². The van der Waals surface area contributed by atoms with Crippen LogP contribution >= 0.6 is 52.5 Å². The molecule has 3 aromatic carbocycles. The molecular weight excluding hydrogens is 558 g/mol. The molecule has 0 radical (unpaired) electrons. The predicted molar refractivity (Wildman–Crippen MR) is 134 cm³/mol. The highest BCUT2D eigenvalue weighted by Gasteiger charge is 2.26. The zero-order valence-corrected chi connectivity index (χ0v) is 20.7. The van der Waals surface area contributed by atoms with Gasteiger partial charge in [-0.2, -0.15) is 0 Å². The molecule has 0 aliphatic heterocycles. The van der Waals surface area contributed by atoms with Crippen LogP contribution in [0.5, 0.6) is 11.5 Å². The van der Waals surface area contributed by atoms with Crippen molar-refractivity contribution in [1.29, 1.82) is 1.28 Å². The molecule has 0 amide bonds. The van der Waals surface area contributed by atoms with Crippen LogP contribution in [0.3, 0.4) is 0 Å². The minimum Gasteiger partial charge on any atom is -0.507 e. The van der Waals surface area contributed by atoms with E-state index in [4.69, 9.17) is 17.1 Å². The summed E-state index contributed by atoms with van der Waals surface area (Å²) < 4.78 is 13.0. The van der Waals surface area contributed by atoms with Crippen LogP contribution in [0.1, 0.15) is 26.7 Å². The molecule has 0 aliphatic carbocycles. The fourth-order valence-electron chi connectivity index (χ4n) is 2.68. The molecule has 0 saturated heterocycles. The number of phenols is 1. The van der Waals surface area contributed by atoms with E-state index in [0.717, 1.165) is 11.1 Å². The summed E-state index contributed by atoms with van der Waals surface area (Å²) in [5.41, 5.74) is 2.19. The minimum atomic E-state index is -0.575. The molecule has 2 unspecified atom stereocenters. The number of rotatable bonds is 7. The molecule has 0 aliphatic rings. The van der Waals surface area contributed by atoms with Gasteiger partial charge < -0.3 is 9.29 Å². The molecular formula is C21H17ClIO3PS2. The lowest BCUT2D eigenvalue weighted by atomic mass is 10.0. The molecule has 29 heavy (non-hydrogen) atoms. The molecule has 3 rings (SSSR count). The van der Waals surface area contributed by atoms with Gasteiger partial charge in [0.05, 0.1) is 22.7 Å². The lowest BCUT2D eigenvalue weighted by molar-refractivity contribution is 0.0989. The van der Waals surface area contributed by atoms with Crippen LogP contribution in [-0.2, 0) is 7.53 Å². The number of carbonyl (C=O) groups excluding carboxylic acids is 1. The van der Waals surface area contributed by atoms with Gasteiger partial charge in [0, 0.05) is 26.8 Å². The first-order valence-corrected chi connectivity index (χ1v) is 14.5. The van der Waals surface area contributed by atoms with Gasteiger partial charge in [-0.1, -0.05) is 48.0 Å². The van der Waals surface area contributed by atoms with Crippen LogP contribution in [0.25, 0.3) is 0 Å². The maximum absolute atomic E-state index is 13.4. The maximum Gasteiger partial charge on any atom is 0.180 e. The molecule has 0 saturated carbocycles. The Morgan fingerprint density at radius 3 is 2.55 bits per heavy atom. The lowest BCUT2D eigenvalue weighted by Gasteiger charge is -2.18. The largest absolute Gasteiger partial charge is 0.507 e. The average molecular weight is 577 g/mol.